The quantitative estimate of drug-likeness (QED) is 0.802. The third-order valence-electron chi connectivity index (χ3n) is 2.98. The first-order valence-corrected chi connectivity index (χ1v) is 7.95. The number of carbonyl (C=O) groups excluding carboxylic acids is 2. The van der Waals surface area contributed by atoms with E-state index in [9.17, 15) is 18.4 Å². The summed E-state index contributed by atoms with van der Waals surface area (Å²) >= 11 is 1.19. The van der Waals surface area contributed by atoms with E-state index in [-0.39, 0.29) is 17.6 Å². The molecule has 0 bridgehead atoms. The Morgan fingerprint density at radius 1 is 1.17 bits per heavy atom. The lowest BCUT2D eigenvalue weighted by Crippen LogP contribution is -2.24. The van der Waals surface area contributed by atoms with E-state index in [1.807, 2.05) is 0 Å². The van der Waals surface area contributed by atoms with Crippen LogP contribution in [0.15, 0.2) is 36.4 Å². The lowest BCUT2D eigenvalue weighted by molar-refractivity contribution is -0.114. The zero-order chi connectivity index (χ0) is 17.5. The predicted octanol–water partition coefficient (Wildman–Crippen LogP) is 3.28. The van der Waals surface area contributed by atoms with Gasteiger partial charge in [0.05, 0.1) is 9.88 Å². The monoisotopic (exact) mass is 354 g/mol. The highest BCUT2D eigenvalue weighted by atomic mass is 32.1. The van der Waals surface area contributed by atoms with Crippen LogP contribution < -0.4 is 15.4 Å². The van der Waals surface area contributed by atoms with Crippen LogP contribution in [0.5, 0.6) is 5.75 Å². The molecule has 5 nitrogen and oxygen atoms in total. The second-order valence-electron chi connectivity index (χ2n) is 4.87. The molecule has 0 saturated carbocycles. The van der Waals surface area contributed by atoms with E-state index in [1.165, 1.54) is 30.4 Å². The van der Waals surface area contributed by atoms with Crippen LogP contribution in [0.2, 0.25) is 0 Å². The molecular formula is C16H16F2N2O3S. The lowest BCUT2D eigenvalue weighted by Gasteiger charge is -2.06. The van der Waals surface area contributed by atoms with E-state index in [2.05, 4.69) is 15.4 Å². The molecule has 0 aliphatic carbocycles. The topological polar surface area (TPSA) is 67.4 Å². The van der Waals surface area contributed by atoms with Gasteiger partial charge in [-0.05, 0) is 36.2 Å². The summed E-state index contributed by atoms with van der Waals surface area (Å²) in [6.07, 6.45) is 0.560. The summed E-state index contributed by atoms with van der Waals surface area (Å²) in [7, 11) is 0. The van der Waals surface area contributed by atoms with Crippen molar-refractivity contribution in [2.75, 3.05) is 11.9 Å². The predicted molar refractivity (Wildman–Crippen MR) is 87.7 cm³/mol. The SMILES string of the molecule is CC(=O)Nc1ccc(C(=O)NCCc2ccc(OC(F)F)cc2)s1. The molecule has 0 radical (unpaired) electrons. The van der Waals surface area contributed by atoms with Gasteiger partial charge in [-0.1, -0.05) is 12.1 Å². The first-order chi connectivity index (χ1) is 11.4. The van der Waals surface area contributed by atoms with Gasteiger partial charge in [0, 0.05) is 13.5 Å². The van der Waals surface area contributed by atoms with Gasteiger partial charge in [0.25, 0.3) is 5.91 Å². The summed E-state index contributed by atoms with van der Waals surface area (Å²) in [5.74, 6) is -0.320. The van der Waals surface area contributed by atoms with E-state index in [0.29, 0.717) is 22.8 Å². The molecule has 0 saturated heterocycles. The van der Waals surface area contributed by atoms with Crippen molar-refractivity contribution < 1.29 is 23.1 Å². The second-order valence-corrected chi connectivity index (χ2v) is 5.96. The van der Waals surface area contributed by atoms with Crippen molar-refractivity contribution in [3.8, 4) is 5.75 Å². The van der Waals surface area contributed by atoms with Crippen LogP contribution in [-0.4, -0.2) is 25.0 Å². The minimum Gasteiger partial charge on any atom is -0.435 e. The van der Waals surface area contributed by atoms with Gasteiger partial charge in [-0.25, -0.2) is 0 Å². The number of alkyl halides is 2. The number of amides is 2. The van der Waals surface area contributed by atoms with Crippen LogP contribution in [0.1, 0.15) is 22.2 Å². The van der Waals surface area contributed by atoms with Gasteiger partial charge in [0.2, 0.25) is 5.91 Å². The third kappa shape index (κ3) is 5.62. The summed E-state index contributed by atoms with van der Waals surface area (Å²) in [5.41, 5.74) is 0.891. The molecule has 2 amide bonds. The lowest BCUT2D eigenvalue weighted by atomic mass is 10.1. The summed E-state index contributed by atoms with van der Waals surface area (Å²) in [4.78, 5) is 23.4. The maximum absolute atomic E-state index is 12.1. The molecule has 0 atom stereocenters. The Kier molecular flexibility index (Phi) is 6.25. The van der Waals surface area contributed by atoms with Crippen LogP contribution in [0, 0.1) is 0 Å². The van der Waals surface area contributed by atoms with Gasteiger partial charge in [-0.2, -0.15) is 8.78 Å². The molecule has 1 heterocycles. The Hall–Kier alpha value is -2.48. The molecule has 24 heavy (non-hydrogen) atoms. The minimum atomic E-state index is -2.84. The molecule has 0 aliphatic heterocycles. The molecule has 0 fully saturated rings. The van der Waals surface area contributed by atoms with Crippen molar-refractivity contribution in [2.24, 2.45) is 0 Å². The van der Waals surface area contributed by atoms with Crippen molar-refractivity contribution in [1.29, 1.82) is 0 Å². The highest BCUT2D eigenvalue weighted by Crippen LogP contribution is 2.21. The normalized spacial score (nSPS) is 10.5. The van der Waals surface area contributed by atoms with Gasteiger partial charge >= 0.3 is 6.61 Å². The van der Waals surface area contributed by atoms with Gasteiger partial charge in [0.15, 0.2) is 0 Å². The van der Waals surface area contributed by atoms with E-state index in [1.54, 1.807) is 24.3 Å². The molecule has 0 spiro atoms. The Morgan fingerprint density at radius 3 is 2.50 bits per heavy atom. The first kappa shape index (κ1) is 17.9. The highest BCUT2D eigenvalue weighted by molar-refractivity contribution is 7.18. The molecule has 128 valence electrons. The number of nitrogens with one attached hydrogen (secondary N) is 2. The van der Waals surface area contributed by atoms with Crippen molar-refractivity contribution in [2.45, 2.75) is 20.0 Å². The molecule has 8 heteroatoms. The number of thiophene rings is 1. The Labute approximate surface area is 141 Å². The van der Waals surface area contributed by atoms with Gasteiger partial charge in [-0.3, -0.25) is 9.59 Å². The van der Waals surface area contributed by atoms with Crippen LogP contribution >= 0.6 is 11.3 Å². The first-order valence-electron chi connectivity index (χ1n) is 7.13. The zero-order valence-electron chi connectivity index (χ0n) is 12.8. The standard InChI is InChI=1S/C16H16F2N2O3S/c1-10(21)20-14-7-6-13(24-14)15(22)19-9-8-11-2-4-12(5-3-11)23-16(17)18/h2-7,16H,8-9H2,1H3,(H,19,22)(H,20,21). The van der Waals surface area contributed by atoms with Crippen LogP contribution in [0.25, 0.3) is 0 Å². The van der Waals surface area contributed by atoms with Crippen LogP contribution in [0.3, 0.4) is 0 Å². The van der Waals surface area contributed by atoms with Crippen LogP contribution in [0.4, 0.5) is 13.8 Å². The van der Waals surface area contributed by atoms with E-state index >= 15 is 0 Å². The van der Waals surface area contributed by atoms with Crippen molar-refractivity contribution >= 4 is 28.2 Å². The summed E-state index contributed by atoms with van der Waals surface area (Å²) < 4.78 is 28.4. The Bertz CT molecular complexity index is 702. The number of rotatable bonds is 7. The second kappa shape index (κ2) is 8.39. The average Bonchev–Trinajstić information content (AvgIpc) is 2.96. The van der Waals surface area contributed by atoms with Gasteiger partial charge in [0.1, 0.15) is 5.75 Å². The Balaban J connectivity index is 1.79. The Morgan fingerprint density at radius 2 is 1.88 bits per heavy atom. The number of halogens is 2. The van der Waals surface area contributed by atoms with Crippen molar-refractivity contribution in [1.82, 2.24) is 5.32 Å². The number of hydrogen-bond donors (Lipinski definition) is 2. The van der Waals surface area contributed by atoms with Crippen molar-refractivity contribution in [3.63, 3.8) is 0 Å². The summed E-state index contributed by atoms with van der Waals surface area (Å²) in [5, 5.41) is 6.00. The molecule has 0 aliphatic rings. The number of ether oxygens (including phenoxy) is 1. The summed E-state index contributed by atoms with van der Waals surface area (Å²) in [6.45, 7) is -1.04. The summed E-state index contributed by atoms with van der Waals surface area (Å²) in [6, 6.07) is 9.57. The van der Waals surface area contributed by atoms with E-state index < -0.39 is 6.61 Å². The molecule has 0 unspecified atom stereocenters. The molecule has 2 rings (SSSR count). The van der Waals surface area contributed by atoms with E-state index in [4.69, 9.17) is 0 Å². The smallest absolute Gasteiger partial charge is 0.387 e. The molecular weight excluding hydrogens is 338 g/mol. The fourth-order valence-electron chi connectivity index (χ4n) is 1.95. The highest BCUT2D eigenvalue weighted by Gasteiger charge is 2.09. The fourth-order valence-corrected chi connectivity index (χ4v) is 2.81. The van der Waals surface area contributed by atoms with Crippen LogP contribution in [-0.2, 0) is 11.2 Å². The molecule has 1 aromatic heterocycles. The molecule has 2 aromatic rings. The third-order valence-corrected chi connectivity index (χ3v) is 3.98. The average molecular weight is 354 g/mol. The van der Waals surface area contributed by atoms with Crippen molar-refractivity contribution in [3.05, 3.63) is 46.8 Å². The molecule has 2 N–H and O–H groups in total. The zero-order valence-corrected chi connectivity index (χ0v) is 13.7. The number of hydrogen-bond acceptors (Lipinski definition) is 4. The maximum atomic E-state index is 12.1. The maximum Gasteiger partial charge on any atom is 0.387 e. The largest absolute Gasteiger partial charge is 0.435 e. The number of benzene rings is 1. The van der Waals surface area contributed by atoms with Gasteiger partial charge in [-0.15, -0.1) is 11.3 Å². The minimum absolute atomic E-state index is 0.0990. The fraction of sp³-hybridized carbons (Fsp3) is 0.250. The molecule has 1 aromatic carbocycles. The number of carbonyl (C=O) groups is 2. The number of anilines is 1. The van der Waals surface area contributed by atoms with Gasteiger partial charge < -0.3 is 15.4 Å². The van der Waals surface area contributed by atoms with E-state index in [0.717, 1.165) is 5.56 Å².